The van der Waals surface area contributed by atoms with Gasteiger partial charge in [-0.3, -0.25) is 9.69 Å². The number of carbonyl (C=O) groups is 2. The van der Waals surface area contributed by atoms with E-state index >= 15 is 0 Å². The molecule has 0 spiro atoms. The SMILES string of the molecule is CN(C)C(=O)Oc1ccc([C@@H](c2ccc(C#N)cc2)N2CCC(NC(=O)c3ccc(C#N)cc3)C2)cc1. The Morgan fingerprint density at radius 2 is 1.46 bits per heavy atom. The predicted molar refractivity (Wildman–Crippen MR) is 138 cm³/mol. The van der Waals surface area contributed by atoms with Crippen molar-refractivity contribution < 1.29 is 14.3 Å². The summed E-state index contributed by atoms with van der Waals surface area (Å²) in [5.41, 5.74) is 3.65. The number of nitrogens with zero attached hydrogens (tertiary/aromatic N) is 4. The number of amides is 2. The summed E-state index contributed by atoms with van der Waals surface area (Å²) in [6.07, 6.45) is 0.338. The summed E-state index contributed by atoms with van der Waals surface area (Å²) < 4.78 is 5.36. The molecule has 1 fully saturated rings. The van der Waals surface area contributed by atoms with Crippen LogP contribution >= 0.6 is 0 Å². The summed E-state index contributed by atoms with van der Waals surface area (Å²) in [6, 6.07) is 25.6. The summed E-state index contributed by atoms with van der Waals surface area (Å²) in [5, 5.41) is 21.3. The van der Waals surface area contributed by atoms with E-state index in [4.69, 9.17) is 10.00 Å². The van der Waals surface area contributed by atoms with E-state index in [1.54, 1.807) is 62.6 Å². The maximum absolute atomic E-state index is 12.8. The molecule has 0 bridgehead atoms. The van der Waals surface area contributed by atoms with Gasteiger partial charge in [-0.15, -0.1) is 0 Å². The van der Waals surface area contributed by atoms with Crippen LogP contribution in [0.5, 0.6) is 5.75 Å². The maximum atomic E-state index is 12.8. The largest absolute Gasteiger partial charge is 0.414 e. The van der Waals surface area contributed by atoms with Crippen LogP contribution in [0.3, 0.4) is 0 Å². The number of rotatable bonds is 6. The normalized spacial score (nSPS) is 15.7. The molecule has 1 N–H and O–H groups in total. The Labute approximate surface area is 216 Å². The zero-order valence-corrected chi connectivity index (χ0v) is 20.7. The smallest absolute Gasteiger partial charge is 0.410 e. The lowest BCUT2D eigenvalue weighted by atomic mass is 9.96. The van der Waals surface area contributed by atoms with Gasteiger partial charge in [-0.2, -0.15) is 10.5 Å². The van der Waals surface area contributed by atoms with Crippen LogP contribution in [-0.4, -0.2) is 55.0 Å². The summed E-state index contributed by atoms with van der Waals surface area (Å²) in [5.74, 6) is 0.285. The fourth-order valence-corrected chi connectivity index (χ4v) is 4.37. The Hall–Kier alpha value is -4.66. The molecule has 186 valence electrons. The second-order valence-electron chi connectivity index (χ2n) is 9.11. The molecule has 0 aromatic heterocycles. The van der Waals surface area contributed by atoms with Crippen molar-refractivity contribution in [2.24, 2.45) is 0 Å². The lowest BCUT2D eigenvalue weighted by molar-refractivity contribution is 0.0937. The minimum atomic E-state index is -0.447. The minimum Gasteiger partial charge on any atom is -0.410 e. The van der Waals surface area contributed by atoms with Gasteiger partial charge in [0.2, 0.25) is 0 Å². The van der Waals surface area contributed by atoms with Crippen molar-refractivity contribution in [3.63, 3.8) is 0 Å². The molecule has 3 aromatic carbocycles. The number of carbonyl (C=O) groups excluding carboxylic acids is 2. The summed E-state index contributed by atoms with van der Waals surface area (Å²) in [7, 11) is 3.25. The molecule has 0 saturated carbocycles. The van der Waals surface area contributed by atoms with E-state index in [0.29, 0.717) is 29.0 Å². The van der Waals surface area contributed by atoms with Gasteiger partial charge >= 0.3 is 6.09 Å². The standard InChI is InChI=1S/C29H27N5O3/c1-33(2)29(36)37-26-13-11-23(12-14-26)27(22-7-3-20(17-30)4-8-22)34-16-15-25(19-34)32-28(35)24-9-5-21(18-31)6-10-24/h3-14,25,27H,15-16,19H2,1-2H3,(H,32,35)/t25?,27-/m1/s1. The predicted octanol–water partition coefficient (Wildman–Crippen LogP) is 4.08. The third-order valence-electron chi connectivity index (χ3n) is 6.32. The number of nitriles is 2. The van der Waals surface area contributed by atoms with Crippen molar-refractivity contribution in [2.75, 3.05) is 27.2 Å². The molecule has 37 heavy (non-hydrogen) atoms. The number of benzene rings is 3. The quantitative estimate of drug-likeness (QED) is 0.554. The topological polar surface area (TPSA) is 109 Å². The Morgan fingerprint density at radius 1 is 0.919 bits per heavy atom. The first-order valence-corrected chi connectivity index (χ1v) is 11.9. The highest BCUT2D eigenvalue weighted by molar-refractivity contribution is 5.94. The summed E-state index contributed by atoms with van der Waals surface area (Å²) >= 11 is 0. The molecule has 2 amide bonds. The Balaban J connectivity index is 1.52. The summed E-state index contributed by atoms with van der Waals surface area (Å²) in [6.45, 7) is 1.41. The van der Waals surface area contributed by atoms with Crippen LogP contribution in [0, 0.1) is 22.7 Å². The van der Waals surface area contributed by atoms with Crippen LogP contribution in [0.25, 0.3) is 0 Å². The fourth-order valence-electron chi connectivity index (χ4n) is 4.37. The zero-order chi connectivity index (χ0) is 26.4. The van der Waals surface area contributed by atoms with Gasteiger partial charge < -0.3 is 15.0 Å². The molecular weight excluding hydrogens is 466 g/mol. The molecule has 1 heterocycles. The minimum absolute atomic E-state index is 0.0376. The van der Waals surface area contributed by atoms with Crippen molar-refractivity contribution >= 4 is 12.0 Å². The van der Waals surface area contributed by atoms with Gasteiger partial charge in [0.1, 0.15) is 5.75 Å². The Morgan fingerprint density at radius 3 is 2.00 bits per heavy atom. The highest BCUT2D eigenvalue weighted by Crippen LogP contribution is 2.33. The number of hydrogen-bond acceptors (Lipinski definition) is 6. The van der Waals surface area contributed by atoms with Crippen molar-refractivity contribution in [1.82, 2.24) is 15.1 Å². The highest BCUT2D eigenvalue weighted by Gasteiger charge is 2.31. The third-order valence-corrected chi connectivity index (χ3v) is 6.32. The van der Waals surface area contributed by atoms with Crippen LogP contribution in [0.1, 0.15) is 45.1 Å². The van der Waals surface area contributed by atoms with Crippen LogP contribution in [0.4, 0.5) is 4.79 Å². The van der Waals surface area contributed by atoms with Crippen LogP contribution in [0.15, 0.2) is 72.8 Å². The van der Waals surface area contributed by atoms with E-state index in [2.05, 4.69) is 22.4 Å². The Bertz CT molecular complexity index is 1340. The van der Waals surface area contributed by atoms with Gasteiger partial charge in [-0.1, -0.05) is 24.3 Å². The first-order chi connectivity index (χ1) is 17.9. The number of likely N-dealkylation sites (tertiary alicyclic amines) is 1. The van der Waals surface area contributed by atoms with Gasteiger partial charge in [0.15, 0.2) is 0 Å². The molecule has 1 aliphatic heterocycles. The van der Waals surface area contributed by atoms with Crippen LogP contribution in [0.2, 0.25) is 0 Å². The van der Waals surface area contributed by atoms with Gasteiger partial charge in [-0.05, 0) is 66.1 Å². The van der Waals surface area contributed by atoms with E-state index < -0.39 is 6.09 Å². The Kier molecular flexibility index (Phi) is 7.83. The lowest BCUT2D eigenvalue weighted by Crippen LogP contribution is -2.38. The molecule has 8 nitrogen and oxygen atoms in total. The van der Waals surface area contributed by atoms with Crippen molar-refractivity contribution in [3.8, 4) is 17.9 Å². The molecule has 3 aromatic rings. The molecule has 8 heteroatoms. The molecular formula is C29H27N5O3. The second kappa shape index (κ2) is 11.4. The van der Waals surface area contributed by atoms with Gasteiger partial charge in [-0.25, -0.2) is 4.79 Å². The third kappa shape index (κ3) is 6.13. The lowest BCUT2D eigenvalue weighted by Gasteiger charge is -2.29. The number of hydrogen-bond donors (Lipinski definition) is 1. The fraction of sp³-hybridized carbons (Fsp3) is 0.241. The molecule has 0 aliphatic carbocycles. The van der Waals surface area contributed by atoms with E-state index in [9.17, 15) is 14.9 Å². The molecule has 1 saturated heterocycles. The van der Waals surface area contributed by atoms with E-state index in [0.717, 1.165) is 24.1 Å². The van der Waals surface area contributed by atoms with E-state index in [1.807, 2.05) is 24.3 Å². The number of nitrogens with one attached hydrogen (secondary N) is 1. The average Bonchev–Trinajstić information content (AvgIpc) is 3.37. The molecule has 4 rings (SSSR count). The summed E-state index contributed by atoms with van der Waals surface area (Å²) in [4.78, 5) is 28.3. The second-order valence-corrected chi connectivity index (χ2v) is 9.11. The molecule has 1 unspecified atom stereocenters. The zero-order valence-electron chi connectivity index (χ0n) is 20.7. The van der Waals surface area contributed by atoms with E-state index in [1.165, 1.54) is 4.90 Å². The monoisotopic (exact) mass is 493 g/mol. The maximum Gasteiger partial charge on any atom is 0.414 e. The molecule has 2 atom stereocenters. The van der Waals surface area contributed by atoms with Crippen molar-refractivity contribution in [3.05, 3.63) is 101 Å². The van der Waals surface area contributed by atoms with Gasteiger partial charge in [0.05, 0.1) is 29.3 Å². The molecule has 1 aliphatic rings. The van der Waals surface area contributed by atoms with Gasteiger partial charge in [0.25, 0.3) is 5.91 Å². The first kappa shape index (κ1) is 25.4. The van der Waals surface area contributed by atoms with E-state index in [-0.39, 0.29) is 18.0 Å². The highest BCUT2D eigenvalue weighted by atomic mass is 16.6. The van der Waals surface area contributed by atoms with Gasteiger partial charge in [0, 0.05) is 38.8 Å². The van der Waals surface area contributed by atoms with Crippen LogP contribution in [-0.2, 0) is 0 Å². The average molecular weight is 494 g/mol. The van der Waals surface area contributed by atoms with Crippen molar-refractivity contribution in [1.29, 1.82) is 10.5 Å². The van der Waals surface area contributed by atoms with Crippen LogP contribution < -0.4 is 10.1 Å². The number of ether oxygens (including phenoxy) is 1. The first-order valence-electron chi connectivity index (χ1n) is 11.9. The molecule has 0 radical (unpaired) electrons. The van der Waals surface area contributed by atoms with Crippen molar-refractivity contribution in [2.45, 2.75) is 18.5 Å².